The molecule has 1 N–H and O–H groups in total. The number of aromatic nitrogens is 1. The number of ether oxygens (including phenoxy) is 5. The van der Waals surface area contributed by atoms with Gasteiger partial charge in [0.2, 0.25) is 10.0 Å². The first-order chi connectivity index (χ1) is 21.7. The number of sulfonamides is 1. The Hall–Kier alpha value is -3.74. The SMILES string of the molecule is COc1ccc(C(Cc2c(Cl)cncc2Cl)OC(=O)c2ccc(NS(=O)(=O)CC(=O)OC(C)(C)C)c(OCC3CC3)c2)cc1OC. The molecule has 248 valence electrons. The number of carbonyl (C=O) groups is 2. The lowest BCUT2D eigenvalue weighted by Gasteiger charge is -2.21. The van der Waals surface area contributed by atoms with Crippen molar-refractivity contribution in [1.82, 2.24) is 4.98 Å². The van der Waals surface area contributed by atoms with Gasteiger partial charge in [0, 0.05) is 18.8 Å². The summed E-state index contributed by atoms with van der Waals surface area (Å²) in [7, 11) is -1.17. The fourth-order valence-corrected chi connectivity index (χ4v) is 5.84. The van der Waals surface area contributed by atoms with Crippen LogP contribution in [-0.2, 0) is 30.7 Å². The van der Waals surface area contributed by atoms with Gasteiger partial charge in [-0.05, 0) is 81.0 Å². The molecule has 3 aromatic rings. The first-order valence-corrected chi connectivity index (χ1v) is 16.8. The molecule has 0 radical (unpaired) electrons. The number of anilines is 1. The lowest BCUT2D eigenvalue weighted by atomic mass is 10.0. The maximum Gasteiger partial charge on any atom is 0.338 e. The van der Waals surface area contributed by atoms with Gasteiger partial charge >= 0.3 is 11.9 Å². The summed E-state index contributed by atoms with van der Waals surface area (Å²) < 4.78 is 56.0. The Kier molecular flexibility index (Phi) is 11.3. The first kappa shape index (κ1) is 35.1. The summed E-state index contributed by atoms with van der Waals surface area (Å²) in [6, 6.07) is 9.28. The van der Waals surface area contributed by atoms with Crippen LogP contribution < -0.4 is 18.9 Å². The number of rotatable bonds is 14. The highest BCUT2D eigenvalue weighted by atomic mass is 35.5. The zero-order chi connectivity index (χ0) is 33.6. The third-order valence-corrected chi connectivity index (χ3v) is 8.55. The number of esters is 2. The molecule has 0 bridgehead atoms. The van der Waals surface area contributed by atoms with Crippen molar-refractivity contribution >= 4 is 50.9 Å². The molecule has 0 amide bonds. The van der Waals surface area contributed by atoms with E-state index in [1.807, 2.05) is 0 Å². The van der Waals surface area contributed by atoms with Crippen molar-refractivity contribution in [3.63, 3.8) is 0 Å². The summed E-state index contributed by atoms with van der Waals surface area (Å²) in [6.45, 7) is 5.25. The Morgan fingerprint density at radius 2 is 1.65 bits per heavy atom. The van der Waals surface area contributed by atoms with Gasteiger partial charge in [-0.3, -0.25) is 14.5 Å². The summed E-state index contributed by atoms with van der Waals surface area (Å²) in [6.07, 6.45) is 4.08. The number of nitrogens with one attached hydrogen (secondary N) is 1. The van der Waals surface area contributed by atoms with Crippen LogP contribution in [0.3, 0.4) is 0 Å². The van der Waals surface area contributed by atoms with Crippen molar-refractivity contribution < 1.29 is 41.7 Å². The average molecular weight is 696 g/mol. The van der Waals surface area contributed by atoms with E-state index in [4.69, 9.17) is 46.9 Å². The topological polar surface area (TPSA) is 139 Å². The van der Waals surface area contributed by atoms with Crippen molar-refractivity contribution in [3.05, 3.63) is 75.5 Å². The molecular formula is C32H36Cl2N2O9S. The standard InChI is InChI=1S/C32H36Cl2N2O9S/c1-32(2,3)45-30(37)18-46(39,40)36-25-10-8-21(13-28(25)43-17-19-6-7-19)31(38)44-27(14-22-23(33)15-35-16-24(22)34)20-9-11-26(41-4)29(12-20)42-5/h8-13,15-16,19,27,36H,6-7,14,17-18H2,1-5H3. The van der Waals surface area contributed by atoms with E-state index in [0.29, 0.717) is 45.2 Å². The van der Waals surface area contributed by atoms with Crippen molar-refractivity contribution in [2.45, 2.75) is 51.7 Å². The molecule has 2 aromatic carbocycles. The Morgan fingerprint density at radius 1 is 0.978 bits per heavy atom. The van der Waals surface area contributed by atoms with Crippen molar-refractivity contribution in [2.24, 2.45) is 5.92 Å². The van der Waals surface area contributed by atoms with Crippen LogP contribution in [0.5, 0.6) is 17.2 Å². The molecule has 1 fully saturated rings. The zero-order valence-electron chi connectivity index (χ0n) is 26.1. The molecular weight excluding hydrogens is 659 g/mol. The number of carbonyl (C=O) groups excluding carboxylic acids is 2. The minimum atomic E-state index is -4.17. The number of pyridine rings is 1. The van der Waals surface area contributed by atoms with Crippen LogP contribution in [0.25, 0.3) is 0 Å². The number of hydrogen-bond donors (Lipinski definition) is 1. The predicted octanol–water partition coefficient (Wildman–Crippen LogP) is 6.42. The van der Waals surface area contributed by atoms with E-state index in [2.05, 4.69) is 9.71 Å². The van der Waals surface area contributed by atoms with Gasteiger partial charge in [0.25, 0.3) is 0 Å². The molecule has 4 rings (SSSR count). The van der Waals surface area contributed by atoms with E-state index < -0.39 is 39.4 Å². The molecule has 1 aliphatic carbocycles. The van der Waals surface area contributed by atoms with E-state index >= 15 is 0 Å². The average Bonchev–Trinajstić information content (AvgIpc) is 3.80. The zero-order valence-corrected chi connectivity index (χ0v) is 28.4. The lowest BCUT2D eigenvalue weighted by Crippen LogP contribution is -2.31. The number of hydrogen-bond acceptors (Lipinski definition) is 10. The number of benzene rings is 2. The summed E-state index contributed by atoms with van der Waals surface area (Å²) in [5.74, 6) is -1.19. The van der Waals surface area contributed by atoms with Gasteiger partial charge in [0.1, 0.15) is 17.5 Å². The van der Waals surface area contributed by atoms with Crippen LogP contribution in [0.15, 0.2) is 48.8 Å². The summed E-state index contributed by atoms with van der Waals surface area (Å²) in [4.78, 5) is 29.8. The molecule has 1 saturated carbocycles. The number of halogens is 2. The van der Waals surface area contributed by atoms with Crippen LogP contribution in [0.2, 0.25) is 10.0 Å². The molecule has 11 nitrogen and oxygen atoms in total. The Morgan fingerprint density at radius 3 is 2.26 bits per heavy atom. The highest BCUT2D eigenvalue weighted by Crippen LogP contribution is 2.37. The molecule has 0 aliphatic heterocycles. The quantitative estimate of drug-likeness (QED) is 0.188. The van der Waals surface area contributed by atoms with Crippen molar-refractivity contribution in [3.8, 4) is 17.2 Å². The maximum atomic E-state index is 13.6. The van der Waals surface area contributed by atoms with Gasteiger partial charge < -0.3 is 23.7 Å². The second-order valence-corrected chi connectivity index (χ2v) is 14.2. The molecule has 1 aliphatic rings. The van der Waals surface area contributed by atoms with E-state index in [1.165, 1.54) is 44.8 Å². The van der Waals surface area contributed by atoms with Gasteiger partial charge in [0.15, 0.2) is 17.3 Å². The van der Waals surface area contributed by atoms with Gasteiger partial charge in [0.05, 0.1) is 42.1 Å². The van der Waals surface area contributed by atoms with Crippen LogP contribution in [0, 0.1) is 5.92 Å². The van der Waals surface area contributed by atoms with Gasteiger partial charge in [-0.15, -0.1) is 0 Å². The molecule has 0 spiro atoms. The maximum absolute atomic E-state index is 13.6. The van der Waals surface area contributed by atoms with E-state index in [9.17, 15) is 18.0 Å². The smallest absolute Gasteiger partial charge is 0.338 e. The predicted molar refractivity (Wildman–Crippen MR) is 174 cm³/mol. The van der Waals surface area contributed by atoms with Crippen LogP contribution >= 0.6 is 23.2 Å². The fraction of sp³-hybridized carbons (Fsp3) is 0.406. The summed E-state index contributed by atoms with van der Waals surface area (Å²) in [5, 5.41) is 0.598. The first-order valence-electron chi connectivity index (χ1n) is 14.4. The molecule has 1 aromatic heterocycles. The van der Waals surface area contributed by atoms with Crippen molar-refractivity contribution in [2.75, 3.05) is 31.3 Å². The Labute approximate surface area is 278 Å². The fourth-order valence-electron chi connectivity index (χ4n) is 4.37. The minimum absolute atomic E-state index is 0.0625. The molecule has 14 heteroatoms. The monoisotopic (exact) mass is 694 g/mol. The highest BCUT2D eigenvalue weighted by Gasteiger charge is 2.28. The number of methoxy groups -OCH3 is 2. The van der Waals surface area contributed by atoms with Gasteiger partial charge in [-0.25, -0.2) is 13.2 Å². The van der Waals surface area contributed by atoms with Crippen LogP contribution in [0.4, 0.5) is 5.69 Å². The van der Waals surface area contributed by atoms with E-state index in [0.717, 1.165) is 12.8 Å². The highest BCUT2D eigenvalue weighted by molar-refractivity contribution is 7.93. The largest absolute Gasteiger partial charge is 0.493 e. The Bertz CT molecular complexity index is 1670. The molecule has 1 unspecified atom stereocenters. The van der Waals surface area contributed by atoms with Crippen LogP contribution in [0.1, 0.15) is 61.2 Å². The molecule has 0 saturated heterocycles. The second kappa shape index (κ2) is 14.8. The lowest BCUT2D eigenvalue weighted by molar-refractivity contribution is -0.151. The van der Waals surface area contributed by atoms with E-state index in [1.54, 1.807) is 39.0 Å². The van der Waals surface area contributed by atoms with Gasteiger partial charge in [-0.1, -0.05) is 29.3 Å². The molecule has 1 atom stereocenters. The van der Waals surface area contributed by atoms with Gasteiger partial charge in [-0.2, -0.15) is 0 Å². The van der Waals surface area contributed by atoms with Crippen molar-refractivity contribution in [1.29, 1.82) is 0 Å². The normalized spacial score (nSPS) is 13.8. The Balaban J connectivity index is 1.63. The van der Waals surface area contributed by atoms with Crippen LogP contribution in [-0.4, -0.2) is 57.5 Å². The third-order valence-electron chi connectivity index (χ3n) is 6.75. The second-order valence-electron chi connectivity index (χ2n) is 11.7. The molecule has 1 heterocycles. The third kappa shape index (κ3) is 9.88. The summed E-state index contributed by atoms with van der Waals surface area (Å²) >= 11 is 12.8. The summed E-state index contributed by atoms with van der Waals surface area (Å²) in [5.41, 5.74) is 0.405. The molecule has 46 heavy (non-hydrogen) atoms. The number of nitrogens with zero attached hydrogens (tertiary/aromatic N) is 1. The van der Waals surface area contributed by atoms with E-state index in [-0.39, 0.29) is 23.4 Å². The minimum Gasteiger partial charge on any atom is -0.493 e.